The van der Waals surface area contributed by atoms with E-state index in [9.17, 15) is 9.59 Å². The normalized spacial score (nSPS) is 11.6. The second-order valence-electron chi connectivity index (χ2n) is 8.27. The Morgan fingerprint density at radius 2 is 1.80 bits per heavy atom. The van der Waals surface area contributed by atoms with Gasteiger partial charge in [0, 0.05) is 17.8 Å². The Morgan fingerprint density at radius 3 is 2.40 bits per heavy atom. The van der Waals surface area contributed by atoms with Crippen LogP contribution in [0.4, 0.5) is 5.69 Å². The lowest BCUT2D eigenvalue weighted by atomic mass is 10.1. The van der Waals surface area contributed by atoms with Gasteiger partial charge in [-0.3, -0.25) is 9.59 Å². The molecule has 0 spiro atoms. The quantitative estimate of drug-likeness (QED) is 0.316. The number of aryl methyl sites for hydroxylation is 3. The molecule has 184 valence electrons. The second-order valence-corrected chi connectivity index (χ2v) is 9.22. The highest BCUT2D eigenvalue weighted by Crippen LogP contribution is 2.24. The third-order valence-electron chi connectivity index (χ3n) is 5.42. The van der Waals surface area contributed by atoms with Crippen LogP contribution in [-0.2, 0) is 11.3 Å². The van der Waals surface area contributed by atoms with Crippen LogP contribution in [0.2, 0.25) is 0 Å². The lowest BCUT2D eigenvalue weighted by molar-refractivity contribution is -0.113. The van der Waals surface area contributed by atoms with Gasteiger partial charge in [-0.2, -0.15) is 0 Å². The molecule has 1 aromatic heterocycles. The van der Waals surface area contributed by atoms with E-state index < -0.39 is 6.04 Å². The number of aromatic nitrogens is 3. The first kappa shape index (κ1) is 26.0. The molecule has 0 aliphatic rings. The van der Waals surface area contributed by atoms with E-state index in [2.05, 4.69) is 27.4 Å². The molecular weight excluding hydrogens is 462 g/mol. The number of carbonyl (C=O) groups excluding carboxylic acids is 2. The van der Waals surface area contributed by atoms with Gasteiger partial charge in [-0.15, -0.1) is 16.8 Å². The number of hydrogen-bond donors (Lipinski definition) is 2. The van der Waals surface area contributed by atoms with Gasteiger partial charge in [-0.1, -0.05) is 35.5 Å². The molecule has 0 aliphatic heterocycles. The SMILES string of the molecule is C=CCn1c(SCC(=O)Nc2c(C)cc(C)cc2C)nnc1[C@@H](C)NC(=O)c1ccc(OC)cc1. The molecule has 0 bridgehead atoms. The molecule has 0 saturated carbocycles. The van der Waals surface area contributed by atoms with E-state index in [0.29, 0.717) is 28.8 Å². The smallest absolute Gasteiger partial charge is 0.251 e. The molecule has 0 fully saturated rings. The van der Waals surface area contributed by atoms with Crippen LogP contribution in [0.3, 0.4) is 0 Å². The maximum Gasteiger partial charge on any atom is 0.251 e. The third kappa shape index (κ3) is 6.51. The first-order valence-corrected chi connectivity index (χ1v) is 12.2. The van der Waals surface area contributed by atoms with Crippen LogP contribution in [0.5, 0.6) is 5.75 Å². The zero-order chi connectivity index (χ0) is 25.5. The van der Waals surface area contributed by atoms with E-state index in [1.165, 1.54) is 11.8 Å². The van der Waals surface area contributed by atoms with E-state index in [1.54, 1.807) is 37.5 Å². The van der Waals surface area contributed by atoms with Crippen molar-refractivity contribution in [1.82, 2.24) is 20.1 Å². The number of amides is 2. The van der Waals surface area contributed by atoms with E-state index in [4.69, 9.17) is 4.74 Å². The van der Waals surface area contributed by atoms with E-state index in [0.717, 1.165) is 22.4 Å². The molecule has 3 rings (SSSR count). The van der Waals surface area contributed by atoms with Crippen LogP contribution in [0.25, 0.3) is 0 Å². The van der Waals surface area contributed by atoms with Gasteiger partial charge >= 0.3 is 0 Å². The van der Waals surface area contributed by atoms with Gasteiger partial charge in [0.15, 0.2) is 11.0 Å². The number of thioether (sulfide) groups is 1. The number of ether oxygens (including phenoxy) is 1. The van der Waals surface area contributed by atoms with Gasteiger partial charge in [0.1, 0.15) is 5.75 Å². The third-order valence-corrected chi connectivity index (χ3v) is 6.38. The summed E-state index contributed by atoms with van der Waals surface area (Å²) in [5, 5.41) is 15.1. The summed E-state index contributed by atoms with van der Waals surface area (Å²) in [4.78, 5) is 25.3. The highest BCUT2D eigenvalue weighted by molar-refractivity contribution is 7.99. The van der Waals surface area contributed by atoms with Crippen molar-refractivity contribution in [3.8, 4) is 5.75 Å². The van der Waals surface area contributed by atoms with Crippen LogP contribution >= 0.6 is 11.8 Å². The van der Waals surface area contributed by atoms with E-state index in [1.807, 2.05) is 44.4 Å². The number of hydrogen-bond acceptors (Lipinski definition) is 6. The Morgan fingerprint density at radius 1 is 1.14 bits per heavy atom. The zero-order valence-electron chi connectivity index (χ0n) is 20.7. The monoisotopic (exact) mass is 493 g/mol. The van der Waals surface area contributed by atoms with Crippen LogP contribution in [0.15, 0.2) is 54.2 Å². The number of benzene rings is 2. The molecule has 8 nitrogen and oxygen atoms in total. The summed E-state index contributed by atoms with van der Waals surface area (Å²) in [6, 6.07) is 10.6. The molecule has 9 heteroatoms. The maximum absolute atomic E-state index is 12.7. The largest absolute Gasteiger partial charge is 0.497 e. The van der Waals surface area contributed by atoms with Crippen molar-refractivity contribution in [3.05, 3.63) is 77.1 Å². The van der Waals surface area contributed by atoms with Crippen LogP contribution in [0.1, 0.15) is 45.8 Å². The molecule has 2 N–H and O–H groups in total. The van der Waals surface area contributed by atoms with Crippen molar-refractivity contribution >= 4 is 29.3 Å². The van der Waals surface area contributed by atoms with Crippen molar-refractivity contribution in [2.75, 3.05) is 18.2 Å². The Bertz CT molecular complexity index is 1200. The van der Waals surface area contributed by atoms with Crippen LogP contribution < -0.4 is 15.4 Å². The number of carbonyl (C=O) groups is 2. The van der Waals surface area contributed by atoms with Crippen molar-refractivity contribution in [2.24, 2.45) is 0 Å². The maximum atomic E-state index is 12.7. The summed E-state index contributed by atoms with van der Waals surface area (Å²) in [5.74, 6) is 1.08. The molecule has 0 radical (unpaired) electrons. The predicted molar refractivity (Wildman–Crippen MR) is 139 cm³/mol. The topological polar surface area (TPSA) is 98.1 Å². The summed E-state index contributed by atoms with van der Waals surface area (Å²) >= 11 is 1.29. The number of nitrogens with zero attached hydrogens (tertiary/aromatic N) is 3. The summed E-state index contributed by atoms with van der Waals surface area (Å²) in [5.41, 5.74) is 4.56. The van der Waals surface area contributed by atoms with Gasteiger partial charge in [-0.25, -0.2) is 0 Å². The highest BCUT2D eigenvalue weighted by Gasteiger charge is 2.21. The molecule has 3 aromatic rings. The average molecular weight is 494 g/mol. The molecule has 0 saturated heterocycles. The van der Waals surface area contributed by atoms with Gasteiger partial charge in [-0.05, 0) is 63.1 Å². The first-order valence-electron chi connectivity index (χ1n) is 11.2. The summed E-state index contributed by atoms with van der Waals surface area (Å²) in [6.45, 7) is 12.1. The van der Waals surface area contributed by atoms with Gasteiger partial charge in [0.25, 0.3) is 5.91 Å². The Hall–Kier alpha value is -3.59. The van der Waals surface area contributed by atoms with Crippen molar-refractivity contribution in [1.29, 1.82) is 0 Å². The number of nitrogens with one attached hydrogen (secondary N) is 2. The molecule has 0 aliphatic carbocycles. The number of anilines is 1. The number of allylic oxidation sites excluding steroid dienone is 1. The molecule has 1 heterocycles. The van der Waals surface area contributed by atoms with Crippen molar-refractivity contribution < 1.29 is 14.3 Å². The van der Waals surface area contributed by atoms with Gasteiger partial charge in [0.2, 0.25) is 5.91 Å². The number of rotatable bonds is 10. The Kier molecular flexibility index (Phi) is 8.70. The molecular formula is C26H31N5O3S. The van der Waals surface area contributed by atoms with Crippen LogP contribution in [0, 0.1) is 20.8 Å². The molecule has 1 atom stereocenters. The molecule has 2 aromatic carbocycles. The minimum atomic E-state index is -0.405. The van der Waals surface area contributed by atoms with Gasteiger partial charge < -0.3 is 19.9 Å². The molecule has 2 amide bonds. The van der Waals surface area contributed by atoms with Gasteiger partial charge in [0.05, 0.1) is 18.9 Å². The fraction of sp³-hybridized carbons (Fsp3) is 0.308. The van der Waals surface area contributed by atoms with Crippen molar-refractivity contribution in [2.45, 2.75) is 45.4 Å². The lowest BCUT2D eigenvalue weighted by Gasteiger charge is -2.15. The summed E-state index contributed by atoms with van der Waals surface area (Å²) < 4.78 is 6.99. The molecule has 0 unspecified atom stereocenters. The first-order chi connectivity index (χ1) is 16.7. The fourth-order valence-corrected chi connectivity index (χ4v) is 4.55. The average Bonchev–Trinajstić information content (AvgIpc) is 3.23. The lowest BCUT2D eigenvalue weighted by Crippen LogP contribution is -2.28. The Balaban J connectivity index is 1.68. The highest BCUT2D eigenvalue weighted by atomic mass is 32.2. The van der Waals surface area contributed by atoms with E-state index >= 15 is 0 Å². The predicted octanol–water partition coefficient (Wildman–Crippen LogP) is 4.62. The standard InChI is InChI=1S/C26H31N5O3S/c1-7-12-31-24(19(5)27-25(33)20-8-10-21(34-6)11-9-20)29-30-26(31)35-15-22(32)28-23-17(3)13-16(2)14-18(23)4/h7-11,13-14,19H,1,12,15H2,2-6H3,(H,27,33)(H,28,32)/t19-/m1/s1. The van der Waals surface area contributed by atoms with E-state index in [-0.39, 0.29) is 17.6 Å². The minimum Gasteiger partial charge on any atom is -0.497 e. The van der Waals surface area contributed by atoms with Crippen LogP contribution in [-0.4, -0.2) is 39.4 Å². The summed E-state index contributed by atoms with van der Waals surface area (Å²) in [6.07, 6.45) is 1.73. The Labute approximate surface area is 210 Å². The van der Waals surface area contributed by atoms with Crippen molar-refractivity contribution in [3.63, 3.8) is 0 Å². The minimum absolute atomic E-state index is 0.124. The zero-order valence-corrected chi connectivity index (χ0v) is 21.5. The summed E-state index contributed by atoms with van der Waals surface area (Å²) in [7, 11) is 1.58. The second kappa shape index (κ2) is 11.7. The molecule has 35 heavy (non-hydrogen) atoms. The number of methoxy groups -OCH3 is 1. The fourth-order valence-electron chi connectivity index (χ4n) is 3.80.